The van der Waals surface area contributed by atoms with Crippen molar-refractivity contribution in [2.24, 2.45) is 0 Å². The summed E-state index contributed by atoms with van der Waals surface area (Å²) in [6.45, 7) is 0.432. The van der Waals surface area contributed by atoms with Gasteiger partial charge in [-0.1, -0.05) is 0 Å². The van der Waals surface area contributed by atoms with E-state index in [4.69, 9.17) is 4.74 Å². The number of hydrogen-bond donors (Lipinski definition) is 1. The second-order valence-electron chi connectivity index (χ2n) is 2.17. The summed E-state index contributed by atoms with van der Waals surface area (Å²) in [5.74, 6) is 1.45. The van der Waals surface area contributed by atoms with Crippen molar-refractivity contribution in [1.82, 2.24) is 9.97 Å². The fourth-order valence-corrected chi connectivity index (χ4v) is 1.17. The summed E-state index contributed by atoms with van der Waals surface area (Å²) in [6, 6.07) is 0. The summed E-state index contributed by atoms with van der Waals surface area (Å²) >= 11 is 3.31. The largest absolute Gasteiger partial charge is 0.377 e. The number of nitrogens with one attached hydrogen (secondary N) is 1. The first-order valence-electron chi connectivity index (χ1n) is 3.46. The molecule has 1 rings (SSSR count). The van der Waals surface area contributed by atoms with Crippen molar-refractivity contribution in [2.45, 2.75) is 6.61 Å². The molecular weight excluding hydrogens is 222 g/mol. The van der Waals surface area contributed by atoms with Crippen molar-refractivity contribution in [2.75, 3.05) is 19.5 Å². The Morgan fingerprint density at radius 1 is 1.67 bits per heavy atom. The molecule has 0 aliphatic heterocycles. The van der Waals surface area contributed by atoms with Gasteiger partial charge in [-0.15, -0.1) is 0 Å². The van der Waals surface area contributed by atoms with Crippen molar-refractivity contribution in [3.63, 3.8) is 0 Å². The second kappa shape index (κ2) is 4.37. The zero-order chi connectivity index (χ0) is 8.97. The van der Waals surface area contributed by atoms with E-state index in [0.29, 0.717) is 12.4 Å². The van der Waals surface area contributed by atoms with Crippen LogP contribution in [0.25, 0.3) is 0 Å². The van der Waals surface area contributed by atoms with Crippen molar-refractivity contribution in [1.29, 1.82) is 0 Å². The van der Waals surface area contributed by atoms with Gasteiger partial charge in [0.1, 0.15) is 12.4 Å². The van der Waals surface area contributed by atoms with E-state index in [1.54, 1.807) is 13.3 Å². The number of ether oxygens (including phenoxy) is 1. The Morgan fingerprint density at radius 2 is 2.42 bits per heavy atom. The van der Waals surface area contributed by atoms with Crippen LogP contribution in [0.3, 0.4) is 0 Å². The normalized spacial score (nSPS) is 9.92. The van der Waals surface area contributed by atoms with Gasteiger partial charge in [0, 0.05) is 20.4 Å². The van der Waals surface area contributed by atoms with Gasteiger partial charge < -0.3 is 10.1 Å². The highest BCUT2D eigenvalue weighted by Crippen LogP contribution is 2.17. The van der Waals surface area contributed by atoms with Crippen molar-refractivity contribution < 1.29 is 4.74 Å². The Kier molecular flexibility index (Phi) is 3.43. The van der Waals surface area contributed by atoms with Gasteiger partial charge >= 0.3 is 0 Å². The quantitative estimate of drug-likeness (QED) is 0.856. The molecule has 0 atom stereocenters. The molecule has 0 spiro atoms. The molecule has 1 heterocycles. The van der Waals surface area contributed by atoms with Gasteiger partial charge in [0.15, 0.2) is 5.82 Å². The van der Waals surface area contributed by atoms with E-state index in [0.717, 1.165) is 10.3 Å². The molecule has 0 saturated carbocycles. The Labute approximate surface area is 79.5 Å². The van der Waals surface area contributed by atoms with E-state index in [1.165, 1.54) is 0 Å². The van der Waals surface area contributed by atoms with Crippen molar-refractivity contribution in [3.05, 3.63) is 16.5 Å². The average Bonchev–Trinajstić information content (AvgIpc) is 2.09. The predicted molar refractivity (Wildman–Crippen MR) is 50.0 cm³/mol. The first-order chi connectivity index (χ1) is 5.77. The molecule has 4 nitrogen and oxygen atoms in total. The fourth-order valence-electron chi connectivity index (χ4n) is 0.778. The third-order valence-corrected chi connectivity index (χ3v) is 1.88. The third-order valence-electron chi connectivity index (χ3n) is 1.30. The zero-order valence-electron chi connectivity index (χ0n) is 6.97. The molecule has 12 heavy (non-hydrogen) atoms. The first kappa shape index (κ1) is 9.41. The molecule has 0 aromatic carbocycles. The highest BCUT2D eigenvalue weighted by Gasteiger charge is 2.01. The number of halogens is 1. The van der Waals surface area contributed by atoms with Crippen molar-refractivity contribution in [3.8, 4) is 0 Å². The van der Waals surface area contributed by atoms with Gasteiger partial charge in [-0.3, -0.25) is 0 Å². The molecule has 0 aliphatic carbocycles. The molecular formula is C7H10BrN3O. The molecule has 0 radical (unpaired) electrons. The third kappa shape index (κ3) is 2.15. The number of aromatic nitrogens is 2. The topological polar surface area (TPSA) is 47.0 Å². The maximum atomic E-state index is 4.90. The highest BCUT2D eigenvalue weighted by atomic mass is 79.9. The fraction of sp³-hybridized carbons (Fsp3) is 0.429. The van der Waals surface area contributed by atoms with Crippen LogP contribution >= 0.6 is 15.9 Å². The van der Waals surface area contributed by atoms with Crippen LogP contribution in [-0.4, -0.2) is 24.1 Å². The monoisotopic (exact) mass is 231 g/mol. The van der Waals surface area contributed by atoms with Gasteiger partial charge in [-0.05, 0) is 15.9 Å². The number of rotatable bonds is 3. The molecule has 0 saturated heterocycles. The molecule has 0 bridgehead atoms. The Balaban J connectivity index is 2.89. The molecule has 1 aromatic heterocycles. The summed E-state index contributed by atoms with van der Waals surface area (Å²) < 4.78 is 5.75. The Hall–Kier alpha value is -0.680. The first-order valence-corrected chi connectivity index (χ1v) is 4.25. The molecule has 0 amide bonds. The lowest BCUT2D eigenvalue weighted by molar-refractivity contribution is 0.178. The lowest BCUT2D eigenvalue weighted by Crippen LogP contribution is -2.01. The van der Waals surface area contributed by atoms with Crippen LogP contribution in [0, 0.1) is 0 Å². The number of hydrogen-bond acceptors (Lipinski definition) is 4. The van der Waals surface area contributed by atoms with E-state index in [-0.39, 0.29) is 0 Å². The summed E-state index contributed by atoms with van der Waals surface area (Å²) in [5, 5.41) is 2.94. The van der Waals surface area contributed by atoms with E-state index >= 15 is 0 Å². The number of anilines is 1. The number of methoxy groups -OCH3 is 1. The minimum atomic E-state index is 0.432. The van der Waals surface area contributed by atoms with Crippen LogP contribution in [0.2, 0.25) is 0 Å². The van der Waals surface area contributed by atoms with Gasteiger partial charge in [-0.2, -0.15) is 0 Å². The van der Waals surface area contributed by atoms with Crippen LogP contribution in [-0.2, 0) is 11.3 Å². The molecule has 1 N–H and O–H groups in total. The van der Waals surface area contributed by atoms with Crippen LogP contribution in [0.15, 0.2) is 10.7 Å². The van der Waals surface area contributed by atoms with Crippen LogP contribution in [0.5, 0.6) is 0 Å². The van der Waals surface area contributed by atoms with Gasteiger partial charge in [0.2, 0.25) is 0 Å². The van der Waals surface area contributed by atoms with Crippen LogP contribution in [0.1, 0.15) is 5.82 Å². The molecule has 0 aliphatic rings. The molecule has 66 valence electrons. The highest BCUT2D eigenvalue weighted by molar-refractivity contribution is 9.10. The number of nitrogens with zero attached hydrogens (tertiary/aromatic N) is 2. The molecule has 0 unspecified atom stereocenters. The van der Waals surface area contributed by atoms with Gasteiger partial charge in [-0.25, -0.2) is 9.97 Å². The summed E-state index contributed by atoms with van der Waals surface area (Å²) in [6.07, 6.45) is 1.70. The second-order valence-corrected chi connectivity index (χ2v) is 3.02. The standard InChI is InChI=1S/C7H10BrN3O/c1-9-7-5(8)3-10-6(11-7)4-12-2/h3H,4H2,1-2H3,(H,9,10,11). The SMILES string of the molecule is CNc1nc(COC)ncc1Br. The van der Waals surface area contributed by atoms with Gasteiger partial charge in [0.05, 0.1) is 4.47 Å². The summed E-state index contributed by atoms with van der Waals surface area (Å²) in [5.41, 5.74) is 0. The lowest BCUT2D eigenvalue weighted by atomic mass is 10.5. The minimum Gasteiger partial charge on any atom is -0.377 e. The Bertz CT molecular complexity index is 267. The van der Waals surface area contributed by atoms with Crippen LogP contribution in [0.4, 0.5) is 5.82 Å². The molecule has 5 heteroatoms. The van der Waals surface area contributed by atoms with E-state index in [2.05, 4.69) is 31.2 Å². The van der Waals surface area contributed by atoms with Crippen molar-refractivity contribution >= 4 is 21.7 Å². The lowest BCUT2D eigenvalue weighted by Gasteiger charge is -2.03. The summed E-state index contributed by atoms with van der Waals surface area (Å²) in [4.78, 5) is 8.24. The van der Waals surface area contributed by atoms with Crippen LogP contribution < -0.4 is 5.32 Å². The molecule has 0 fully saturated rings. The summed E-state index contributed by atoms with van der Waals surface area (Å²) in [7, 11) is 3.42. The minimum absolute atomic E-state index is 0.432. The Morgan fingerprint density at radius 3 is 3.00 bits per heavy atom. The van der Waals surface area contributed by atoms with E-state index < -0.39 is 0 Å². The maximum absolute atomic E-state index is 4.90. The van der Waals surface area contributed by atoms with Gasteiger partial charge in [0.25, 0.3) is 0 Å². The smallest absolute Gasteiger partial charge is 0.156 e. The molecule has 1 aromatic rings. The average molecular weight is 232 g/mol. The predicted octanol–water partition coefficient (Wildman–Crippen LogP) is 1.43. The maximum Gasteiger partial charge on any atom is 0.156 e. The van der Waals surface area contributed by atoms with E-state index in [1.807, 2.05) is 7.05 Å². The zero-order valence-corrected chi connectivity index (χ0v) is 8.55. The van der Waals surface area contributed by atoms with E-state index in [9.17, 15) is 0 Å².